The van der Waals surface area contributed by atoms with Gasteiger partial charge in [-0.1, -0.05) is 15.9 Å². The lowest BCUT2D eigenvalue weighted by atomic mass is 10.0. The van der Waals surface area contributed by atoms with Crippen molar-refractivity contribution in [3.05, 3.63) is 33.3 Å². The number of hydrogen-bond donors (Lipinski definition) is 0. The molecule has 0 bridgehead atoms. The monoisotopic (exact) mass is 282 g/mol. The van der Waals surface area contributed by atoms with Crippen LogP contribution in [0.25, 0.3) is 0 Å². The third-order valence-corrected chi connectivity index (χ3v) is 2.54. The van der Waals surface area contributed by atoms with E-state index in [1.807, 2.05) is 0 Å². The first kappa shape index (κ1) is 12.5. The highest BCUT2D eigenvalue weighted by molar-refractivity contribution is 9.10. The molecule has 0 aromatic heterocycles. The smallest absolute Gasteiger partial charge is 0.380 e. The summed E-state index contributed by atoms with van der Waals surface area (Å²) in [5.74, 6) is 0. The third-order valence-electron chi connectivity index (χ3n) is 2.09. The van der Waals surface area contributed by atoms with E-state index in [1.54, 1.807) is 6.07 Å². The van der Waals surface area contributed by atoms with Crippen LogP contribution in [0.1, 0.15) is 16.7 Å². The summed E-state index contributed by atoms with van der Waals surface area (Å²) in [6.07, 6.45) is -4.32. The van der Waals surface area contributed by atoms with Crippen molar-refractivity contribution in [2.75, 3.05) is 7.11 Å². The maximum Gasteiger partial charge on any atom is 0.416 e. The SMILES string of the molecule is COCc1cc(Br)cc(C(F)(F)F)c1C. The van der Waals surface area contributed by atoms with Gasteiger partial charge >= 0.3 is 6.18 Å². The minimum atomic E-state index is -4.32. The number of rotatable bonds is 2. The number of alkyl halides is 3. The molecule has 0 heterocycles. The zero-order valence-electron chi connectivity index (χ0n) is 8.28. The van der Waals surface area contributed by atoms with Gasteiger partial charge in [0.15, 0.2) is 0 Å². The van der Waals surface area contributed by atoms with E-state index in [-0.39, 0.29) is 12.2 Å². The highest BCUT2D eigenvalue weighted by Gasteiger charge is 2.33. The fourth-order valence-corrected chi connectivity index (χ4v) is 1.84. The van der Waals surface area contributed by atoms with Crippen LogP contribution in [0.15, 0.2) is 16.6 Å². The molecule has 0 N–H and O–H groups in total. The third kappa shape index (κ3) is 2.95. The van der Waals surface area contributed by atoms with Crippen molar-refractivity contribution in [3.63, 3.8) is 0 Å². The second-order valence-corrected chi connectivity index (χ2v) is 4.08. The maximum absolute atomic E-state index is 12.6. The van der Waals surface area contributed by atoms with Crippen molar-refractivity contribution in [1.82, 2.24) is 0 Å². The van der Waals surface area contributed by atoms with Crippen LogP contribution in [0, 0.1) is 6.92 Å². The lowest BCUT2D eigenvalue weighted by Gasteiger charge is -2.14. The van der Waals surface area contributed by atoms with Crippen molar-refractivity contribution in [1.29, 1.82) is 0 Å². The molecule has 0 atom stereocenters. The minimum Gasteiger partial charge on any atom is -0.380 e. The summed E-state index contributed by atoms with van der Waals surface area (Å²) in [6.45, 7) is 1.62. The van der Waals surface area contributed by atoms with Gasteiger partial charge < -0.3 is 4.74 Å². The molecule has 0 saturated heterocycles. The molecule has 15 heavy (non-hydrogen) atoms. The molecule has 0 unspecified atom stereocenters. The van der Waals surface area contributed by atoms with Crippen LogP contribution >= 0.6 is 15.9 Å². The van der Waals surface area contributed by atoms with Crippen LogP contribution in [0.5, 0.6) is 0 Å². The normalized spacial score (nSPS) is 11.9. The van der Waals surface area contributed by atoms with Crippen molar-refractivity contribution in [2.24, 2.45) is 0 Å². The zero-order chi connectivity index (χ0) is 11.6. The van der Waals surface area contributed by atoms with E-state index in [9.17, 15) is 13.2 Å². The zero-order valence-corrected chi connectivity index (χ0v) is 9.87. The molecule has 0 aliphatic rings. The molecule has 1 aromatic carbocycles. The first-order chi connectivity index (χ1) is 6.86. The van der Waals surface area contributed by atoms with Crippen molar-refractivity contribution in [3.8, 4) is 0 Å². The summed E-state index contributed by atoms with van der Waals surface area (Å²) in [7, 11) is 1.45. The van der Waals surface area contributed by atoms with E-state index >= 15 is 0 Å². The minimum absolute atomic E-state index is 0.175. The second-order valence-electron chi connectivity index (χ2n) is 3.17. The van der Waals surface area contributed by atoms with Gasteiger partial charge in [0.1, 0.15) is 0 Å². The van der Waals surface area contributed by atoms with Gasteiger partial charge in [-0.05, 0) is 30.2 Å². The molecule has 1 nitrogen and oxygen atoms in total. The Balaban J connectivity index is 3.28. The molecule has 0 saturated carbocycles. The Kier molecular flexibility index (Phi) is 3.78. The second kappa shape index (κ2) is 4.53. The van der Waals surface area contributed by atoms with E-state index in [0.717, 1.165) is 6.07 Å². The van der Waals surface area contributed by atoms with Gasteiger partial charge in [-0.15, -0.1) is 0 Å². The van der Waals surface area contributed by atoms with Gasteiger partial charge in [0.25, 0.3) is 0 Å². The first-order valence-corrected chi connectivity index (χ1v) is 5.00. The van der Waals surface area contributed by atoms with E-state index in [2.05, 4.69) is 15.9 Å². The molecule has 0 amide bonds. The summed E-state index contributed by atoms with van der Waals surface area (Å²) in [4.78, 5) is 0. The number of hydrogen-bond acceptors (Lipinski definition) is 1. The predicted octanol–water partition coefficient (Wildman–Crippen LogP) is 3.92. The molecule has 0 radical (unpaired) electrons. The average molecular weight is 283 g/mol. The summed E-state index contributed by atoms with van der Waals surface area (Å²) in [5, 5.41) is 0. The highest BCUT2D eigenvalue weighted by atomic mass is 79.9. The Labute approximate surface area is 94.4 Å². The number of ether oxygens (including phenoxy) is 1. The molecule has 0 spiro atoms. The Morgan fingerprint density at radius 2 is 1.93 bits per heavy atom. The Morgan fingerprint density at radius 3 is 2.40 bits per heavy atom. The molecular weight excluding hydrogens is 273 g/mol. The average Bonchev–Trinajstić information content (AvgIpc) is 2.09. The van der Waals surface area contributed by atoms with E-state index in [1.165, 1.54) is 14.0 Å². The van der Waals surface area contributed by atoms with Crippen LogP contribution in [0.4, 0.5) is 13.2 Å². The maximum atomic E-state index is 12.6. The van der Waals surface area contributed by atoms with Crippen LogP contribution < -0.4 is 0 Å². The summed E-state index contributed by atoms with van der Waals surface area (Å²) < 4.78 is 43.0. The molecular formula is C10H10BrF3O. The van der Waals surface area contributed by atoms with Crippen LogP contribution in [0.3, 0.4) is 0 Å². The molecule has 0 aliphatic carbocycles. The molecule has 0 fully saturated rings. The van der Waals surface area contributed by atoms with Gasteiger partial charge in [-0.3, -0.25) is 0 Å². The van der Waals surface area contributed by atoms with Gasteiger partial charge in [0.2, 0.25) is 0 Å². The van der Waals surface area contributed by atoms with Gasteiger partial charge in [0, 0.05) is 11.6 Å². The van der Waals surface area contributed by atoms with Crippen LogP contribution in [-0.2, 0) is 17.5 Å². The Hall–Kier alpha value is -0.550. The summed E-state index contributed by atoms with van der Waals surface area (Å²) >= 11 is 3.05. The predicted molar refractivity (Wildman–Crippen MR) is 54.6 cm³/mol. The Bertz CT molecular complexity index is 360. The van der Waals surface area contributed by atoms with Crippen molar-refractivity contribution >= 4 is 15.9 Å². The van der Waals surface area contributed by atoms with E-state index < -0.39 is 11.7 Å². The fourth-order valence-electron chi connectivity index (χ4n) is 1.34. The first-order valence-electron chi connectivity index (χ1n) is 4.21. The summed E-state index contributed by atoms with van der Waals surface area (Å²) in [5.41, 5.74) is 0.135. The largest absolute Gasteiger partial charge is 0.416 e. The molecule has 1 aromatic rings. The molecule has 84 valence electrons. The number of methoxy groups -OCH3 is 1. The van der Waals surface area contributed by atoms with Crippen molar-refractivity contribution in [2.45, 2.75) is 19.7 Å². The standard InChI is InChI=1S/C10H10BrF3O/c1-6-7(5-15-2)3-8(11)4-9(6)10(12,13)14/h3-4H,5H2,1-2H3. The summed E-state index contributed by atoms with van der Waals surface area (Å²) in [6, 6.07) is 2.71. The number of benzene rings is 1. The fraction of sp³-hybridized carbons (Fsp3) is 0.400. The van der Waals surface area contributed by atoms with Crippen LogP contribution in [0.2, 0.25) is 0 Å². The van der Waals surface area contributed by atoms with E-state index in [4.69, 9.17) is 4.74 Å². The van der Waals surface area contributed by atoms with Crippen molar-refractivity contribution < 1.29 is 17.9 Å². The molecule has 0 aliphatic heterocycles. The number of halogens is 4. The molecule has 1 rings (SSSR count). The topological polar surface area (TPSA) is 9.23 Å². The van der Waals surface area contributed by atoms with Crippen LogP contribution in [-0.4, -0.2) is 7.11 Å². The lowest BCUT2D eigenvalue weighted by Crippen LogP contribution is -2.09. The molecule has 5 heteroatoms. The lowest BCUT2D eigenvalue weighted by molar-refractivity contribution is -0.138. The Morgan fingerprint density at radius 1 is 1.33 bits per heavy atom. The van der Waals surface area contributed by atoms with Gasteiger partial charge in [-0.2, -0.15) is 13.2 Å². The highest BCUT2D eigenvalue weighted by Crippen LogP contribution is 2.35. The quantitative estimate of drug-likeness (QED) is 0.799. The van der Waals surface area contributed by atoms with Gasteiger partial charge in [0.05, 0.1) is 12.2 Å². The van der Waals surface area contributed by atoms with Gasteiger partial charge in [-0.25, -0.2) is 0 Å². The van der Waals surface area contributed by atoms with E-state index in [0.29, 0.717) is 10.0 Å².